The van der Waals surface area contributed by atoms with Gasteiger partial charge in [0, 0.05) is 12.1 Å². The first-order valence-corrected chi connectivity index (χ1v) is 5.08. The van der Waals surface area contributed by atoms with Crippen LogP contribution in [0, 0.1) is 13.8 Å². The Kier molecular flexibility index (Phi) is 4.05. The Labute approximate surface area is 94.3 Å². The summed E-state index contributed by atoms with van der Waals surface area (Å²) in [5.41, 5.74) is 2.96. The first-order chi connectivity index (χ1) is 7.49. The van der Waals surface area contributed by atoms with E-state index in [9.17, 15) is 9.59 Å². The van der Waals surface area contributed by atoms with Gasteiger partial charge in [-0.2, -0.15) is 0 Å². The van der Waals surface area contributed by atoms with Crippen LogP contribution in [-0.4, -0.2) is 17.0 Å². The van der Waals surface area contributed by atoms with Gasteiger partial charge in [0.15, 0.2) is 0 Å². The summed E-state index contributed by atoms with van der Waals surface area (Å²) in [7, 11) is 0. The third kappa shape index (κ3) is 3.73. The monoisotopic (exact) mass is 221 g/mol. The van der Waals surface area contributed by atoms with Crippen molar-refractivity contribution in [2.75, 3.05) is 5.32 Å². The van der Waals surface area contributed by atoms with Gasteiger partial charge in [-0.05, 0) is 37.1 Å². The molecule has 1 rings (SSSR count). The third-order valence-corrected chi connectivity index (χ3v) is 2.36. The van der Waals surface area contributed by atoms with E-state index in [4.69, 9.17) is 5.11 Å². The summed E-state index contributed by atoms with van der Waals surface area (Å²) in [6, 6.07) is 5.59. The summed E-state index contributed by atoms with van der Waals surface area (Å²) in [6.45, 7) is 3.95. The van der Waals surface area contributed by atoms with E-state index in [1.807, 2.05) is 26.0 Å². The van der Waals surface area contributed by atoms with Crippen molar-refractivity contribution in [3.8, 4) is 0 Å². The quantitative estimate of drug-likeness (QED) is 0.818. The van der Waals surface area contributed by atoms with Crippen molar-refractivity contribution < 1.29 is 14.7 Å². The van der Waals surface area contributed by atoms with Crippen molar-refractivity contribution in [2.45, 2.75) is 26.7 Å². The Bertz CT molecular complexity index is 413. The lowest BCUT2D eigenvalue weighted by atomic mass is 10.1. The summed E-state index contributed by atoms with van der Waals surface area (Å²) in [5.74, 6) is -1.24. The molecule has 0 saturated heterocycles. The van der Waals surface area contributed by atoms with Crippen LogP contribution in [0.2, 0.25) is 0 Å². The fourth-order valence-electron chi connectivity index (χ4n) is 1.26. The van der Waals surface area contributed by atoms with Crippen molar-refractivity contribution >= 4 is 17.6 Å². The molecule has 16 heavy (non-hydrogen) atoms. The molecule has 4 nitrogen and oxygen atoms in total. The van der Waals surface area contributed by atoms with Crippen molar-refractivity contribution in [1.29, 1.82) is 0 Å². The fraction of sp³-hybridized carbons (Fsp3) is 0.333. The topological polar surface area (TPSA) is 66.4 Å². The molecule has 0 radical (unpaired) electrons. The molecule has 0 spiro atoms. The van der Waals surface area contributed by atoms with Gasteiger partial charge in [0.25, 0.3) is 0 Å². The number of carboxylic acid groups (broad SMARTS) is 1. The van der Waals surface area contributed by atoms with E-state index in [2.05, 4.69) is 5.32 Å². The molecule has 0 atom stereocenters. The normalized spacial score (nSPS) is 9.88. The highest BCUT2D eigenvalue weighted by atomic mass is 16.4. The van der Waals surface area contributed by atoms with Gasteiger partial charge in [-0.3, -0.25) is 9.59 Å². The molecule has 0 unspecified atom stereocenters. The number of hydrogen-bond acceptors (Lipinski definition) is 2. The molecule has 0 heterocycles. The predicted octanol–water partition coefficient (Wildman–Crippen LogP) is 2.11. The first kappa shape index (κ1) is 12.2. The number of amides is 1. The number of carbonyl (C=O) groups is 2. The molecule has 86 valence electrons. The van der Waals surface area contributed by atoms with E-state index in [1.54, 1.807) is 6.07 Å². The number of carboxylic acids is 1. The van der Waals surface area contributed by atoms with Crippen LogP contribution in [0.4, 0.5) is 5.69 Å². The van der Waals surface area contributed by atoms with E-state index < -0.39 is 5.97 Å². The van der Waals surface area contributed by atoms with Crippen LogP contribution >= 0.6 is 0 Å². The van der Waals surface area contributed by atoms with Crippen LogP contribution in [0.1, 0.15) is 24.0 Å². The van der Waals surface area contributed by atoms with Gasteiger partial charge in [-0.15, -0.1) is 0 Å². The number of anilines is 1. The lowest BCUT2D eigenvalue weighted by molar-refractivity contribution is -0.138. The average Bonchev–Trinajstić information content (AvgIpc) is 2.21. The van der Waals surface area contributed by atoms with Crippen LogP contribution in [0.5, 0.6) is 0 Å². The maximum absolute atomic E-state index is 11.3. The molecule has 1 aromatic rings. The van der Waals surface area contributed by atoms with Crippen LogP contribution in [0.25, 0.3) is 0 Å². The Morgan fingerprint density at radius 2 is 1.88 bits per heavy atom. The van der Waals surface area contributed by atoms with Gasteiger partial charge in [0.2, 0.25) is 5.91 Å². The molecular formula is C12H15NO3. The summed E-state index contributed by atoms with van der Waals surface area (Å²) in [6.07, 6.45) is -0.140. The van der Waals surface area contributed by atoms with Gasteiger partial charge in [-0.1, -0.05) is 6.07 Å². The number of aliphatic carboxylic acids is 1. The summed E-state index contributed by atoms with van der Waals surface area (Å²) < 4.78 is 0. The average molecular weight is 221 g/mol. The number of aryl methyl sites for hydroxylation is 2. The number of rotatable bonds is 4. The highest BCUT2D eigenvalue weighted by molar-refractivity contribution is 5.92. The molecule has 0 aromatic heterocycles. The lowest BCUT2D eigenvalue weighted by Gasteiger charge is -2.06. The molecule has 4 heteroatoms. The largest absolute Gasteiger partial charge is 0.481 e. The predicted molar refractivity (Wildman–Crippen MR) is 61.4 cm³/mol. The van der Waals surface area contributed by atoms with E-state index in [1.165, 1.54) is 0 Å². The summed E-state index contributed by atoms with van der Waals surface area (Å²) >= 11 is 0. The lowest BCUT2D eigenvalue weighted by Crippen LogP contribution is -2.13. The van der Waals surface area contributed by atoms with Gasteiger partial charge in [-0.25, -0.2) is 0 Å². The standard InChI is InChI=1S/C12H15NO3/c1-8-3-4-10(7-9(8)2)13-11(14)5-6-12(15)16/h3-4,7H,5-6H2,1-2H3,(H,13,14)(H,15,16). The molecule has 0 bridgehead atoms. The fourth-order valence-corrected chi connectivity index (χ4v) is 1.26. The number of nitrogens with one attached hydrogen (secondary N) is 1. The summed E-state index contributed by atoms with van der Waals surface area (Å²) in [5, 5.41) is 11.1. The zero-order chi connectivity index (χ0) is 12.1. The minimum Gasteiger partial charge on any atom is -0.481 e. The second-order valence-corrected chi connectivity index (χ2v) is 3.74. The number of benzene rings is 1. The SMILES string of the molecule is Cc1ccc(NC(=O)CCC(=O)O)cc1C. The van der Waals surface area contributed by atoms with Gasteiger partial charge in [0.05, 0.1) is 6.42 Å². The Hall–Kier alpha value is -1.84. The van der Waals surface area contributed by atoms with Gasteiger partial charge < -0.3 is 10.4 Å². The molecule has 0 saturated carbocycles. The zero-order valence-electron chi connectivity index (χ0n) is 9.41. The zero-order valence-corrected chi connectivity index (χ0v) is 9.41. The molecular weight excluding hydrogens is 206 g/mol. The van der Waals surface area contributed by atoms with Crippen molar-refractivity contribution in [2.24, 2.45) is 0 Å². The first-order valence-electron chi connectivity index (χ1n) is 5.08. The minimum atomic E-state index is -0.963. The van der Waals surface area contributed by atoms with Crippen molar-refractivity contribution in [3.63, 3.8) is 0 Å². The van der Waals surface area contributed by atoms with E-state index in [-0.39, 0.29) is 18.7 Å². The maximum atomic E-state index is 11.3. The highest BCUT2D eigenvalue weighted by Gasteiger charge is 2.05. The highest BCUT2D eigenvalue weighted by Crippen LogP contribution is 2.14. The molecule has 1 amide bonds. The molecule has 0 fully saturated rings. The van der Waals surface area contributed by atoms with Crippen LogP contribution < -0.4 is 5.32 Å². The third-order valence-electron chi connectivity index (χ3n) is 2.36. The van der Waals surface area contributed by atoms with Crippen LogP contribution in [0.15, 0.2) is 18.2 Å². The van der Waals surface area contributed by atoms with Gasteiger partial charge >= 0.3 is 5.97 Å². The molecule has 2 N–H and O–H groups in total. The molecule has 0 aliphatic carbocycles. The molecule has 0 aliphatic heterocycles. The van der Waals surface area contributed by atoms with Crippen LogP contribution in [0.3, 0.4) is 0 Å². The van der Waals surface area contributed by atoms with Crippen molar-refractivity contribution in [3.05, 3.63) is 29.3 Å². The van der Waals surface area contributed by atoms with Gasteiger partial charge in [0.1, 0.15) is 0 Å². The van der Waals surface area contributed by atoms with E-state index in [0.29, 0.717) is 5.69 Å². The van der Waals surface area contributed by atoms with E-state index >= 15 is 0 Å². The second-order valence-electron chi connectivity index (χ2n) is 3.74. The smallest absolute Gasteiger partial charge is 0.303 e. The Morgan fingerprint density at radius 3 is 2.44 bits per heavy atom. The molecule has 1 aromatic carbocycles. The summed E-state index contributed by atoms with van der Waals surface area (Å²) in [4.78, 5) is 21.6. The van der Waals surface area contributed by atoms with Crippen LogP contribution in [-0.2, 0) is 9.59 Å². The molecule has 0 aliphatic rings. The minimum absolute atomic E-state index is 0.00224. The number of hydrogen-bond donors (Lipinski definition) is 2. The Balaban J connectivity index is 2.56. The number of carbonyl (C=O) groups excluding carboxylic acids is 1. The van der Waals surface area contributed by atoms with E-state index in [0.717, 1.165) is 11.1 Å². The maximum Gasteiger partial charge on any atom is 0.303 e. The van der Waals surface area contributed by atoms with Crippen molar-refractivity contribution in [1.82, 2.24) is 0 Å². The second kappa shape index (κ2) is 5.30. The Morgan fingerprint density at radius 1 is 1.19 bits per heavy atom.